The molecule has 0 spiro atoms. The molecule has 10 rings (SSSR count). The molecule has 0 N–H and O–H groups in total. The second kappa shape index (κ2) is 10.5. The SMILES string of the molecule is c1ccc(-c2cc(-c3ccc4nc5c(nc4c3)c3ccccc3n5-c3ccccc3)cc(-c3cccc4c3oc3ccccc34)c2)cc1. The molecule has 0 unspecified atom stereocenters. The highest BCUT2D eigenvalue weighted by Crippen LogP contribution is 2.40. The van der Waals surface area contributed by atoms with Crippen LogP contribution in [0.1, 0.15) is 0 Å². The van der Waals surface area contributed by atoms with Crippen molar-refractivity contribution in [3.05, 3.63) is 164 Å². The van der Waals surface area contributed by atoms with Crippen molar-refractivity contribution >= 4 is 55.0 Å². The van der Waals surface area contributed by atoms with Crippen molar-refractivity contribution in [1.29, 1.82) is 0 Å². The van der Waals surface area contributed by atoms with Crippen LogP contribution in [0, 0.1) is 0 Å². The van der Waals surface area contributed by atoms with Crippen LogP contribution < -0.4 is 0 Å². The lowest BCUT2D eigenvalue weighted by Crippen LogP contribution is -1.96. The van der Waals surface area contributed by atoms with Gasteiger partial charge in [0.1, 0.15) is 16.7 Å². The van der Waals surface area contributed by atoms with Gasteiger partial charge in [0.05, 0.1) is 16.6 Å². The maximum absolute atomic E-state index is 6.48. The Morgan fingerprint density at radius 2 is 1.12 bits per heavy atom. The fourth-order valence-corrected chi connectivity index (χ4v) is 7.10. The minimum atomic E-state index is 0.856. The van der Waals surface area contributed by atoms with E-state index in [1.165, 1.54) is 0 Å². The van der Waals surface area contributed by atoms with Crippen molar-refractivity contribution in [2.45, 2.75) is 0 Å². The highest BCUT2D eigenvalue weighted by molar-refractivity contribution is 6.10. The maximum atomic E-state index is 6.48. The number of fused-ring (bicyclic) bond motifs is 7. The average molecular weight is 614 g/mol. The van der Waals surface area contributed by atoms with Gasteiger partial charge in [0.2, 0.25) is 0 Å². The highest BCUT2D eigenvalue weighted by atomic mass is 16.3. The molecule has 48 heavy (non-hydrogen) atoms. The predicted octanol–water partition coefficient (Wildman–Crippen LogP) is 11.6. The van der Waals surface area contributed by atoms with E-state index in [4.69, 9.17) is 14.4 Å². The molecule has 0 saturated heterocycles. The second-order valence-corrected chi connectivity index (χ2v) is 12.2. The molecule has 4 heteroatoms. The highest BCUT2D eigenvalue weighted by Gasteiger charge is 2.17. The van der Waals surface area contributed by atoms with Crippen LogP contribution in [0.4, 0.5) is 0 Å². The van der Waals surface area contributed by atoms with Crippen LogP contribution in [0.2, 0.25) is 0 Å². The van der Waals surface area contributed by atoms with Gasteiger partial charge in [-0.1, -0.05) is 109 Å². The molecule has 7 aromatic carbocycles. The van der Waals surface area contributed by atoms with Crippen LogP contribution >= 0.6 is 0 Å². The molecule has 3 aromatic heterocycles. The molecule has 224 valence electrons. The lowest BCUT2D eigenvalue weighted by atomic mass is 9.92. The molecule has 0 saturated carbocycles. The first-order chi connectivity index (χ1) is 23.8. The second-order valence-electron chi connectivity index (χ2n) is 12.2. The summed E-state index contributed by atoms with van der Waals surface area (Å²) in [6.45, 7) is 0. The normalized spacial score (nSPS) is 11.8. The molecule has 0 amide bonds. The van der Waals surface area contributed by atoms with E-state index in [9.17, 15) is 0 Å². The zero-order chi connectivity index (χ0) is 31.6. The Morgan fingerprint density at radius 1 is 0.438 bits per heavy atom. The van der Waals surface area contributed by atoms with Gasteiger partial charge >= 0.3 is 0 Å². The van der Waals surface area contributed by atoms with E-state index in [-0.39, 0.29) is 0 Å². The third-order valence-corrected chi connectivity index (χ3v) is 9.36. The summed E-state index contributed by atoms with van der Waals surface area (Å²) < 4.78 is 8.68. The number of nitrogens with zero attached hydrogens (tertiary/aromatic N) is 3. The van der Waals surface area contributed by atoms with Crippen molar-refractivity contribution in [3.63, 3.8) is 0 Å². The summed E-state index contributed by atoms with van der Waals surface area (Å²) in [5.41, 5.74) is 14.1. The van der Waals surface area contributed by atoms with E-state index in [2.05, 4.69) is 150 Å². The third-order valence-electron chi connectivity index (χ3n) is 9.36. The maximum Gasteiger partial charge on any atom is 0.165 e. The minimum absolute atomic E-state index is 0.856. The van der Waals surface area contributed by atoms with Crippen molar-refractivity contribution in [3.8, 4) is 39.1 Å². The number of furan rings is 1. The molecule has 0 radical (unpaired) electrons. The fraction of sp³-hybridized carbons (Fsp3) is 0. The largest absolute Gasteiger partial charge is 0.455 e. The standard InChI is InChI=1S/C44H27N3O/c1-3-12-28(13-4-1)30-24-31(26-32(25-30)34-18-11-19-36-35-16-8-10-21-41(35)48-43(34)36)29-22-23-38-39(27-29)45-42-37-17-7-9-20-40(37)47(44(42)46-38)33-14-5-2-6-15-33/h1-27H. The van der Waals surface area contributed by atoms with E-state index >= 15 is 0 Å². The molecule has 4 nitrogen and oxygen atoms in total. The van der Waals surface area contributed by atoms with Crippen LogP contribution in [-0.4, -0.2) is 14.5 Å². The first kappa shape index (κ1) is 26.7. The van der Waals surface area contributed by atoms with Crippen molar-refractivity contribution in [2.75, 3.05) is 0 Å². The van der Waals surface area contributed by atoms with Crippen LogP contribution in [0.5, 0.6) is 0 Å². The summed E-state index contributed by atoms with van der Waals surface area (Å²) in [6, 6.07) is 57.3. The van der Waals surface area contributed by atoms with Gasteiger partial charge in [-0.05, 0) is 82.4 Å². The molecule has 0 atom stereocenters. The molecule has 0 aliphatic carbocycles. The van der Waals surface area contributed by atoms with Crippen molar-refractivity contribution in [2.24, 2.45) is 0 Å². The smallest absolute Gasteiger partial charge is 0.165 e. The van der Waals surface area contributed by atoms with Gasteiger partial charge in [0, 0.05) is 27.4 Å². The van der Waals surface area contributed by atoms with Crippen LogP contribution in [0.3, 0.4) is 0 Å². The zero-order valence-electron chi connectivity index (χ0n) is 25.8. The van der Waals surface area contributed by atoms with Crippen LogP contribution in [0.15, 0.2) is 168 Å². The number of hydrogen-bond acceptors (Lipinski definition) is 3. The van der Waals surface area contributed by atoms with Gasteiger partial charge in [-0.25, -0.2) is 9.97 Å². The number of aromatic nitrogens is 3. The Bertz CT molecular complexity index is 2830. The Morgan fingerprint density at radius 3 is 1.98 bits per heavy atom. The van der Waals surface area contributed by atoms with Gasteiger partial charge in [-0.15, -0.1) is 0 Å². The first-order valence-electron chi connectivity index (χ1n) is 16.2. The van der Waals surface area contributed by atoms with E-state index < -0.39 is 0 Å². The quantitative estimate of drug-likeness (QED) is 0.198. The van der Waals surface area contributed by atoms with E-state index in [1.54, 1.807) is 0 Å². The van der Waals surface area contributed by atoms with Gasteiger partial charge in [-0.2, -0.15) is 0 Å². The summed E-state index contributed by atoms with van der Waals surface area (Å²) in [7, 11) is 0. The number of benzene rings is 7. The monoisotopic (exact) mass is 613 g/mol. The summed E-state index contributed by atoms with van der Waals surface area (Å²) in [5, 5.41) is 3.33. The molecule has 10 aromatic rings. The van der Waals surface area contributed by atoms with Crippen molar-refractivity contribution < 1.29 is 4.42 Å². The van der Waals surface area contributed by atoms with Gasteiger partial charge in [0.15, 0.2) is 5.65 Å². The van der Waals surface area contributed by atoms with Gasteiger partial charge in [-0.3, -0.25) is 4.57 Å². The topological polar surface area (TPSA) is 43.9 Å². The molecule has 3 heterocycles. The molecule has 0 aliphatic rings. The molecule has 0 aliphatic heterocycles. The first-order valence-corrected chi connectivity index (χ1v) is 16.2. The molecule has 0 bridgehead atoms. The van der Waals surface area contributed by atoms with E-state index in [1.807, 2.05) is 18.2 Å². The third kappa shape index (κ3) is 4.16. The number of hydrogen-bond donors (Lipinski definition) is 0. The number of rotatable bonds is 4. The Hall–Kier alpha value is -6.52. The molecular weight excluding hydrogens is 587 g/mol. The van der Waals surface area contributed by atoms with E-state index in [0.717, 1.165) is 94.1 Å². The van der Waals surface area contributed by atoms with Crippen LogP contribution in [0.25, 0.3) is 94.1 Å². The van der Waals surface area contributed by atoms with Gasteiger partial charge < -0.3 is 4.42 Å². The molecular formula is C44H27N3O. The Balaban J connectivity index is 1.19. The summed E-state index contributed by atoms with van der Waals surface area (Å²) >= 11 is 0. The average Bonchev–Trinajstić information content (AvgIpc) is 3.70. The minimum Gasteiger partial charge on any atom is -0.455 e. The van der Waals surface area contributed by atoms with E-state index in [0.29, 0.717) is 0 Å². The lowest BCUT2D eigenvalue weighted by molar-refractivity contribution is 0.670. The zero-order valence-corrected chi connectivity index (χ0v) is 25.8. The van der Waals surface area contributed by atoms with Crippen LogP contribution in [-0.2, 0) is 0 Å². The summed E-state index contributed by atoms with van der Waals surface area (Å²) in [4.78, 5) is 10.5. The van der Waals surface area contributed by atoms with Gasteiger partial charge in [0.25, 0.3) is 0 Å². The Kier molecular flexibility index (Phi) is 5.84. The predicted molar refractivity (Wildman–Crippen MR) is 197 cm³/mol. The molecule has 0 fully saturated rings. The van der Waals surface area contributed by atoms with Crippen molar-refractivity contribution in [1.82, 2.24) is 14.5 Å². The summed E-state index contributed by atoms with van der Waals surface area (Å²) in [5.74, 6) is 0. The summed E-state index contributed by atoms with van der Waals surface area (Å²) in [6.07, 6.45) is 0. The lowest BCUT2D eigenvalue weighted by Gasteiger charge is -2.12. The Labute approximate surface area is 276 Å². The fourth-order valence-electron chi connectivity index (χ4n) is 7.10. The number of para-hydroxylation sites is 4.